The molecule has 11 heteroatoms. The van der Waals surface area contributed by atoms with E-state index in [0.717, 1.165) is 0 Å². The van der Waals surface area contributed by atoms with Gasteiger partial charge >= 0.3 is 6.09 Å². The van der Waals surface area contributed by atoms with Crippen LogP contribution in [-0.2, 0) is 4.74 Å². The number of ether oxygens (including phenoxy) is 1. The van der Waals surface area contributed by atoms with E-state index in [2.05, 4.69) is 41.1 Å². The Morgan fingerprint density at radius 3 is 2.31 bits per heavy atom. The molecule has 10 nitrogen and oxygen atoms in total. The lowest BCUT2D eigenvalue weighted by Gasteiger charge is -2.20. The lowest BCUT2D eigenvalue weighted by Crippen LogP contribution is -2.36. The maximum absolute atomic E-state index is 13.1. The van der Waals surface area contributed by atoms with E-state index in [1.54, 1.807) is 20.8 Å². The zero-order valence-corrected chi connectivity index (χ0v) is 14.2. The summed E-state index contributed by atoms with van der Waals surface area (Å²) < 4.78 is 22.8. The summed E-state index contributed by atoms with van der Waals surface area (Å²) in [4.78, 5) is 20.2. The van der Waals surface area contributed by atoms with Gasteiger partial charge in [-0.15, -0.1) is 0 Å². The highest BCUT2D eigenvalue weighted by Gasteiger charge is 2.18. The average molecular weight is 361 g/mol. The van der Waals surface area contributed by atoms with Gasteiger partial charge in [0.15, 0.2) is 11.6 Å². The van der Waals surface area contributed by atoms with Crippen LogP contribution in [-0.4, -0.2) is 32.0 Å². The summed E-state index contributed by atoms with van der Waals surface area (Å²) in [6, 6.07) is 5.62. The van der Waals surface area contributed by atoms with Crippen LogP contribution in [0.2, 0.25) is 0 Å². The fourth-order valence-electron chi connectivity index (χ4n) is 1.90. The number of hydrogen-bond acceptors (Lipinski definition) is 9. The van der Waals surface area contributed by atoms with Crippen molar-refractivity contribution in [2.24, 2.45) is 0 Å². The Kier molecular flexibility index (Phi) is 4.52. The number of aromatic nitrogens is 4. The van der Waals surface area contributed by atoms with Gasteiger partial charge in [0, 0.05) is 5.69 Å². The van der Waals surface area contributed by atoms with E-state index in [4.69, 9.17) is 4.74 Å². The van der Waals surface area contributed by atoms with E-state index in [9.17, 15) is 9.18 Å². The molecule has 0 radical (unpaired) electrons. The Hall–Kier alpha value is -3.50. The van der Waals surface area contributed by atoms with E-state index in [-0.39, 0.29) is 28.7 Å². The summed E-state index contributed by atoms with van der Waals surface area (Å²) >= 11 is 0. The molecule has 0 fully saturated rings. The molecule has 0 saturated heterocycles. The first-order valence-electron chi connectivity index (χ1n) is 7.58. The van der Waals surface area contributed by atoms with Crippen LogP contribution in [0.3, 0.4) is 0 Å². The van der Waals surface area contributed by atoms with Gasteiger partial charge in [0.1, 0.15) is 11.4 Å². The molecule has 26 heavy (non-hydrogen) atoms. The van der Waals surface area contributed by atoms with Crippen molar-refractivity contribution in [3.05, 3.63) is 30.1 Å². The highest BCUT2D eigenvalue weighted by atomic mass is 19.1. The molecule has 0 atom stereocenters. The summed E-state index contributed by atoms with van der Waals surface area (Å²) in [5, 5.41) is 10.2. The number of fused-ring (bicyclic) bond motifs is 1. The molecule has 0 spiro atoms. The number of anilines is 3. The number of carbonyl (C=O) groups is 1. The van der Waals surface area contributed by atoms with Crippen LogP contribution in [0.25, 0.3) is 11.3 Å². The van der Waals surface area contributed by atoms with E-state index in [1.165, 1.54) is 24.3 Å². The number of hydrazine groups is 1. The number of hydrogen-bond donors (Lipinski definition) is 3. The molecule has 2 aromatic heterocycles. The van der Waals surface area contributed by atoms with E-state index in [0.29, 0.717) is 5.69 Å². The first-order chi connectivity index (χ1) is 12.3. The number of nitrogens with one attached hydrogen (secondary N) is 3. The Balaban J connectivity index is 1.82. The van der Waals surface area contributed by atoms with Gasteiger partial charge in [-0.1, -0.05) is 0 Å². The number of carbonyl (C=O) groups excluding carboxylic acids is 1. The Labute approximate surface area is 147 Å². The third-order valence-corrected chi connectivity index (χ3v) is 2.90. The zero-order valence-electron chi connectivity index (χ0n) is 14.2. The predicted octanol–water partition coefficient (Wildman–Crippen LogP) is 2.75. The minimum absolute atomic E-state index is 0.142. The van der Waals surface area contributed by atoms with Crippen LogP contribution in [0.4, 0.5) is 26.5 Å². The fourth-order valence-corrected chi connectivity index (χ4v) is 1.90. The van der Waals surface area contributed by atoms with E-state index in [1.807, 2.05) is 0 Å². The minimum Gasteiger partial charge on any atom is -0.443 e. The predicted molar refractivity (Wildman–Crippen MR) is 90.1 cm³/mol. The third-order valence-electron chi connectivity index (χ3n) is 2.90. The van der Waals surface area contributed by atoms with Gasteiger partial charge in [-0.25, -0.2) is 24.2 Å². The first kappa shape index (κ1) is 17.3. The van der Waals surface area contributed by atoms with Crippen LogP contribution in [0, 0.1) is 5.82 Å². The second-order valence-corrected chi connectivity index (χ2v) is 6.22. The van der Waals surface area contributed by atoms with Crippen molar-refractivity contribution in [2.45, 2.75) is 26.4 Å². The van der Waals surface area contributed by atoms with Gasteiger partial charge in [0.05, 0.1) is 0 Å². The molecule has 0 bridgehead atoms. The van der Waals surface area contributed by atoms with Gasteiger partial charge in [-0.3, -0.25) is 5.43 Å². The Morgan fingerprint density at radius 1 is 1.08 bits per heavy atom. The SMILES string of the molecule is CC(C)(C)OC(=O)NNc1nc2nonc2nc1Nc1ccc(F)cc1. The summed E-state index contributed by atoms with van der Waals surface area (Å²) in [6.45, 7) is 5.21. The van der Waals surface area contributed by atoms with Crippen LogP contribution >= 0.6 is 0 Å². The molecule has 2 heterocycles. The summed E-state index contributed by atoms with van der Waals surface area (Å²) in [5.41, 5.74) is 5.16. The lowest BCUT2D eigenvalue weighted by molar-refractivity contribution is 0.0541. The molecule has 1 aromatic carbocycles. The van der Waals surface area contributed by atoms with Crippen molar-refractivity contribution in [2.75, 3.05) is 10.7 Å². The van der Waals surface area contributed by atoms with Gasteiger partial charge in [0.25, 0.3) is 0 Å². The molecule has 3 rings (SSSR count). The van der Waals surface area contributed by atoms with Crippen molar-refractivity contribution in [1.82, 2.24) is 25.7 Å². The van der Waals surface area contributed by atoms with Gasteiger partial charge in [-0.2, -0.15) is 4.98 Å². The Morgan fingerprint density at radius 2 is 1.69 bits per heavy atom. The van der Waals surface area contributed by atoms with Crippen molar-refractivity contribution in [3.63, 3.8) is 0 Å². The van der Waals surface area contributed by atoms with E-state index < -0.39 is 11.7 Å². The van der Waals surface area contributed by atoms with Crippen molar-refractivity contribution >= 4 is 34.7 Å². The molecule has 0 unspecified atom stereocenters. The number of halogens is 1. The van der Waals surface area contributed by atoms with Crippen molar-refractivity contribution < 1.29 is 18.6 Å². The summed E-state index contributed by atoms with van der Waals surface area (Å²) in [6.07, 6.45) is -0.703. The minimum atomic E-state index is -0.703. The first-order valence-corrected chi connectivity index (χ1v) is 7.58. The topological polar surface area (TPSA) is 127 Å². The zero-order chi connectivity index (χ0) is 18.7. The largest absolute Gasteiger partial charge is 0.443 e. The average Bonchev–Trinajstić information content (AvgIpc) is 3.00. The van der Waals surface area contributed by atoms with Crippen molar-refractivity contribution in [3.8, 4) is 0 Å². The van der Waals surface area contributed by atoms with Crippen LogP contribution in [0.5, 0.6) is 0 Å². The third kappa shape index (κ3) is 4.32. The van der Waals surface area contributed by atoms with Crippen LogP contribution in [0.1, 0.15) is 20.8 Å². The van der Waals surface area contributed by atoms with Crippen LogP contribution < -0.4 is 16.2 Å². The molecule has 3 N–H and O–H groups in total. The molecule has 0 saturated carbocycles. The number of nitrogens with zero attached hydrogens (tertiary/aromatic N) is 4. The highest BCUT2D eigenvalue weighted by molar-refractivity contribution is 5.78. The lowest BCUT2D eigenvalue weighted by atomic mass is 10.2. The number of amides is 1. The van der Waals surface area contributed by atoms with Crippen LogP contribution in [0.15, 0.2) is 28.9 Å². The normalized spacial score (nSPS) is 11.2. The second-order valence-electron chi connectivity index (χ2n) is 6.22. The molecule has 0 aliphatic carbocycles. The van der Waals surface area contributed by atoms with Gasteiger partial charge in [-0.05, 0) is 55.4 Å². The van der Waals surface area contributed by atoms with E-state index >= 15 is 0 Å². The maximum Gasteiger partial charge on any atom is 0.426 e. The fraction of sp³-hybridized carbons (Fsp3) is 0.267. The Bertz CT molecular complexity index is 921. The molecular weight excluding hydrogens is 345 g/mol. The van der Waals surface area contributed by atoms with Crippen molar-refractivity contribution in [1.29, 1.82) is 0 Å². The van der Waals surface area contributed by atoms with Gasteiger partial charge in [0.2, 0.25) is 11.3 Å². The van der Waals surface area contributed by atoms with Gasteiger partial charge < -0.3 is 10.1 Å². The quantitative estimate of drug-likeness (QED) is 0.601. The molecule has 3 aromatic rings. The smallest absolute Gasteiger partial charge is 0.426 e. The monoisotopic (exact) mass is 361 g/mol. The molecule has 0 aliphatic rings. The number of benzene rings is 1. The highest BCUT2D eigenvalue weighted by Crippen LogP contribution is 2.23. The second kappa shape index (κ2) is 6.78. The molecule has 0 aliphatic heterocycles. The number of rotatable bonds is 4. The maximum atomic E-state index is 13.1. The summed E-state index contributed by atoms with van der Waals surface area (Å²) in [5.74, 6) is -0.0121. The summed E-state index contributed by atoms with van der Waals surface area (Å²) in [7, 11) is 0. The molecule has 1 amide bonds. The standard InChI is InChI=1S/C15H16FN7O3/c1-15(2,3)25-14(24)21-20-11-10(17-9-6-4-8(16)5-7-9)18-12-13(19-11)23-26-22-12/h4-7H,1-3H3,(H,21,24)(H,17,18,22)(H,19,20,23). The molecule has 136 valence electrons. The molecular formula is C15H16FN7O3.